The summed E-state index contributed by atoms with van der Waals surface area (Å²) in [6.45, 7) is 0.483. The van der Waals surface area contributed by atoms with Crippen molar-refractivity contribution in [2.75, 3.05) is 26.9 Å². The smallest absolute Gasteiger partial charge is 0.329 e. The van der Waals surface area contributed by atoms with Crippen LogP contribution in [0.4, 0.5) is 0 Å². The van der Waals surface area contributed by atoms with Crippen LogP contribution in [0.1, 0.15) is 24.8 Å². The predicted molar refractivity (Wildman–Crippen MR) is 90.7 cm³/mol. The van der Waals surface area contributed by atoms with Gasteiger partial charge in [0.05, 0.1) is 25.9 Å². The number of amides is 1. The zero-order chi connectivity index (χ0) is 18.1. The molecular formula is C18H25NO6. The number of hydrogen-bond acceptors (Lipinski definition) is 5. The van der Waals surface area contributed by atoms with Crippen LogP contribution in [0, 0.1) is 0 Å². The predicted octanol–water partition coefficient (Wildman–Crippen LogP) is 1.39. The number of carbonyl (C=O) groups is 2. The van der Waals surface area contributed by atoms with Gasteiger partial charge in [-0.1, -0.05) is 12.1 Å². The van der Waals surface area contributed by atoms with Gasteiger partial charge >= 0.3 is 5.97 Å². The fourth-order valence-electron chi connectivity index (χ4n) is 2.75. The van der Waals surface area contributed by atoms with Gasteiger partial charge in [-0.3, -0.25) is 4.79 Å². The molecule has 2 rings (SSSR count). The molecule has 0 spiro atoms. The van der Waals surface area contributed by atoms with Gasteiger partial charge < -0.3 is 24.6 Å². The van der Waals surface area contributed by atoms with Crippen molar-refractivity contribution in [2.24, 2.45) is 0 Å². The van der Waals surface area contributed by atoms with E-state index in [-0.39, 0.29) is 24.7 Å². The van der Waals surface area contributed by atoms with Gasteiger partial charge in [0, 0.05) is 13.0 Å². The lowest BCUT2D eigenvalue weighted by atomic mass is 10.1. The molecule has 1 aromatic rings. The lowest BCUT2D eigenvalue weighted by Gasteiger charge is -2.31. The zero-order valence-electron chi connectivity index (χ0n) is 14.4. The fraction of sp³-hybridized carbons (Fsp3) is 0.556. The molecular weight excluding hydrogens is 326 g/mol. The highest BCUT2D eigenvalue weighted by molar-refractivity contribution is 5.76. The average Bonchev–Trinajstić information content (AvgIpc) is 2.61. The third-order valence-corrected chi connectivity index (χ3v) is 4.09. The van der Waals surface area contributed by atoms with Crippen LogP contribution in [0.5, 0.6) is 5.75 Å². The van der Waals surface area contributed by atoms with E-state index >= 15 is 0 Å². The van der Waals surface area contributed by atoms with Crippen molar-refractivity contribution >= 4 is 11.9 Å². The van der Waals surface area contributed by atoms with E-state index in [1.54, 1.807) is 7.11 Å². The molecule has 25 heavy (non-hydrogen) atoms. The van der Waals surface area contributed by atoms with Crippen LogP contribution in [0.2, 0.25) is 0 Å². The molecule has 0 aliphatic carbocycles. The average molecular weight is 351 g/mol. The number of nitrogens with one attached hydrogen (secondary N) is 1. The first kappa shape index (κ1) is 19.2. The summed E-state index contributed by atoms with van der Waals surface area (Å²) in [6, 6.07) is 7.47. The van der Waals surface area contributed by atoms with Crippen molar-refractivity contribution in [3.8, 4) is 5.75 Å². The van der Waals surface area contributed by atoms with Crippen LogP contribution in [0.3, 0.4) is 0 Å². The van der Waals surface area contributed by atoms with E-state index in [0.717, 1.165) is 24.2 Å². The molecule has 1 amide bonds. The second-order valence-electron chi connectivity index (χ2n) is 5.98. The van der Waals surface area contributed by atoms with Crippen LogP contribution < -0.4 is 10.1 Å². The Hall–Kier alpha value is -2.12. The zero-order valence-corrected chi connectivity index (χ0v) is 14.4. The molecule has 1 aliphatic rings. The first-order valence-electron chi connectivity index (χ1n) is 8.42. The molecule has 2 N–H and O–H groups in total. The lowest BCUT2D eigenvalue weighted by Crippen LogP contribution is -2.50. The minimum Gasteiger partial charge on any atom is -0.497 e. The number of carboxylic acids is 1. The van der Waals surface area contributed by atoms with E-state index in [0.29, 0.717) is 26.1 Å². The van der Waals surface area contributed by atoms with E-state index in [9.17, 15) is 9.59 Å². The number of carboxylic acid groups (broad SMARTS) is 1. The minimum absolute atomic E-state index is 0.0760. The number of carbonyl (C=O) groups excluding carboxylic acids is 1. The maximum absolute atomic E-state index is 12.1. The van der Waals surface area contributed by atoms with Gasteiger partial charge in [-0.05, 0) is 37.0 Å². The Balaban J connectivity index is 1.72. The third-order valence-electron chi connectivity index (χ3n) is 4.09. The molecule has 0 bridgehead atoms. The van der Waals surface area contributed by atoms with Gasteiger partial charge in [-0.2, -0.15) is 0 Å². The summed E-state index contributed by atoms with van der Waals surface area (Å²) in [5, 5.41) is 11.6. The first-order chi connectivity index (χ1) is 12.1. The fourth-order valence-corrected chi connectivity index (χ4v) is 2.75. The standard InChI is InChI=1S/C18H25NO6/c1-23-14-7-5-13(6-8-14)3-2-4-17(20)19-15-11-24-10-9-16(15)25-12-18(21)22/h5-8,15-16H,2-4,9-12H2,1H3,(H,19,20)(H,21,22)/t15-,16+/m1/s1. The highest BCUT2D eigenvalue weighted by atomic mass is 16.5. The summed E-state index contributed by atoms with van der Waals surface area (Å²) in [6.07, 6.45) is 2.18. The minimum atomic E-state index is -1.02. The number of aryl methyl sites for hydroxylation is 1. The van der Waals surface area contributed by atoms with E-state index in [2.05, 4.69) is 5.32 Å². The quantitative estimate of drug-likeness (QED) is 0.698. The van der Waals surface area contributed by atoms with Crippen LogP contribution in [0.25, 0.3) is 0 Å². The van der Waals surface area contributed by atoms with Gasteiger partial charge in [0.1, 0.15) is 12.4 Å². The largest absolute Gasteiger partial charge is 0.497 e. The second-order valence-corrected chi connectivity index (χ2v) is 5.98. The van der Waals surface area contributed by atoms with Crippen molar-refractivity contribution in [2.45, 2.75) is 37.8 Å². The third kappa shape index (κ3) is 6.72. The van der Waals surface area contributed by atoms with Crippen LogP contribution >= 0.6 is 0 Å². The molecule has 1 aliphatic heterocycles. The molecule has 1 aromatic carbocycles. The Bertz CT molecular complexity index is 559. The normalized spacial score (nSPS) is 20.0. The van der Waals surface area contributed by atoms with Crippen molar-refractivity contribution < 1.29 is 28.9 Å². The molecule has 7 nitrogen and oxygen atoms in total. The van der Waals surface area contributed by atoms with Gasteiger partial charge in [0.15, 0.2) is 0 Å². The Morgan fingerprint density at radius 3 is 2.76 bits per heavy atom. The van der Waals surface area contributed by atoms with Crippen molar-refractivity contribution in [3.63, 3.8) is 0 Å². The van der Waals surface area contributed by atoms with Gasteiger partial charge in [-0.25, -0.2) is 4.79 Å². The Morgan fingerprint density at radius 2 is 2.08 bits per heavy atom. The van der Waals surface area contributed by atoms with Gasteiger partial charge in [0.2, 0.25) is 5.91 Å². The highest BCUT2D eigenvalue weighted by Gasteiger charge is 2.28. The summed E-state index contributed by atoms with van der Waals surface area (Å²) in [5.74, 6) is -0.282. The second kappa shape index (κ2) is 10.0. The molecule has 2 atom stereocenters. The SMILES string of the molecule is COc1ccc(CCCC(=O)N[C@@H]2COCC[C@@H]2OCC(=O)O)cc1. The molecule has 1 heterocycles. The summed E-state index contributed by atoms with van der Waals surface area (Å²) in [7, 11) is 1.63. The monoisotopic (exact) mass is 351 g/mol. The molecule has 0 radical (unpaired) electrons. The van der Waals surface area contributed by atoms with Crippen LogP contribution in [0.15, 0.2) is 24.3 Å². The van der Waals surface area contributed by atoms with Gasteiger partial charge in [0.25, 0.3) is 0 Å². The maximum atomic E-state index is 12.1. The molecule has 138 valence electrons. The Labute approximate surface area is 147 Å². The highest BCUT2D eigenvalue weighted by Crippen LogP contribution is 2.14. The van der Waals surface area contributed by atoms with E-state index in [1.165, 1.54) is 0 Å². The molecule has 0 unspecified atom stereocenters. The van der Waals surface area contributed by atoms with Crippen molar-refractivity contribution in [3.05, 3.63) is 29.8 Å². The summed E-state index contributed by atoms with van der Waals surface area (Å²) >= 11 is 0. The molecule has 0 aromatic heterocycles. The topological polar surface area (TPSA) is 94.1 Å². The summed E-state index contributed by atoms with van der Waals surface area (Å²) < 4.78 is 15.8. The van der Waals surface area contributed by atoms with E-state index in [4.69, 9.17) is 19.3 Å². The van der Waals surface area contributed by atoms with E-state index in [1.807, 2.05) is 24.3 Å². The molecule has 1 fully saturated rings. The van der Waals surface area contributed by atoms with E-state index < -0.39 is 5.97 Å². The lowest BCUT2D eigenvalue weighted by molar-refractivity contribution is -0.148. The van der Waals surface area contributed by atoms with Crippen molar-refractivity contribution in [1.82, 2.24) is 5.32 Å². The Kier molecular flexibility index (Phi) is 7.69. The van der Waals surface area contributed by atoms with Crippen molar-refractivity contribution in [1.29, 1.82) is 0 Å². The number of rotatable bonds is 9. The number of aliphatic carboxylic acids is 1. The summed E-state index contributed by atoms with van der Waals surface area (Å²) in [5.41, 5.74) is 1.15. The number of hydrogen-bond donors (Lipinski definition) is 2. The molecule has 7 heteroatoms. The molecule has 0 saturated carbocycles. The van der Waals surface area contributed by atoms with Crippen LogP contribution in [-0.2, 0) is 25.5 Å². The maximum Gasteiger partial charge on any atom is 0.329 e. The number of ether oxygens (including phenoxy) is 3. The van der Waals surface area contributed by atoms with Gasteiger partial charge in [-0.15, -0.1) is 0 Å². The number of benzene rings is 1. The number of methoxy groups -OCH3 is 1. The summed E-state index contributed by atoms with van der Waals surface area (Å²) in [4.78, 5) is 22.8. The Morgan fingerprint density at radius 1 is 1.32 bits per heavy atom. The molecule has 1 saturated heterocycles. The van der Waals surface area contributed by atoms with Crippen LogP contribution in [-0.4, -0.2) is 56.1 Å². The first-order valence-corrected chi connectivity index (χ1v) is 8.42.